The van der Waals surface area contributed by atoms with Crippen molar-refractivity contribution in [3.63, 3.8) is 0 Å². The molecule has 1 aromatic heterocycles. The maximum atomic E-state index is 11.6. The largest absolute Gasteiger partial charge is 0.383 e. The second kappa shape index (κ2) is 7.06. The van der Waals surface area contributed by atoms with Crippen molar-refractivity contribution < 1.29 is 13.2 Å². The fourth-order valence-corrected chi connectivity index (χ4v) is 4.88. The SMILES string of the molecule is COCCn1ncc(Cl)c1C(CC1CCS(=O)(=O)C1)NN. The molecule has 1 aromatic rings. The number of hydrazine groups is 1. The van der Waals surface area contributed by atoms with Gasteiger partial charge in [-0.2, -0.15) is 5.10 Å². The predicted octanol–water partition coefficient (Wildman–Crippen LogP) is 0.512. The van der Waals surface area contributed by atoms with Gasteiger partial charge in [0, 0.05) is 7.11 Å². The van der Waals surface area contributed by atoms with Crippen molar-refractivity contribution in [2.24, 2.45) is 11.8 Å². The van der Waals surface area contributed by atoms with Gasteiger partial charge >= 0.3 is 0 Å². The molecule has 1 saturated heterocycles. The fraction of sp³-hybridized carbons (Fsp3) is 0.750. The molecule has 1 fully saturated rings. The van der Waals surface area contributed by atoms with Gasteiger partial charge in [0.1, 0.15) is 0 Å². The molecule has 2 heterocycles. The second-order valence-corrected chi connectivity index (χ2v) is 7.95. The third-order valence-electron chi connectivity index (χ3n) is 3.77. The topological polar surface area (TPSA) is 99.2 Å². The van der Waals surface area contributed by atoms with Crippen molar-refractivity contribution in [3.05, 3.63) is 16.9 Å². The molecule has 0 amide bonds. The number of methoxy groups -OCH3 is 1. The molecular formula is C12H21ClN4O3S. The summed E-state index contributed by atoms with van der Waals surface area (Å²) in [5.41, 5.74) is 3.51. The number of hydrogen-bond donors (Lipinski definition) is 2. The number of ether oxygens (including phenoxy) is 1. The van der Waals surface area contributed by atoms with Crippen LogP contribution in [0.5, 0.6) is 0 Å². The summed E-state index contributed by atoms with van der Waals surface area (Å²) in [6, 6.07) is -0.227. The van der Waals surface area contributed by atoms with Gasteiger partial charge in [-0.3, -0.25) is 16.0 Å². The van der Waals surface area contributed by atoms with Crippen LogP contribution in [-0.2, 0) is 21.1 Å². The number of nitrogens with zero attached hydrogens (tertiary/aromatic N) is 2. The van der Waals surface area contributed by atoms with Gasteiger partial charge in [-0.1, -0.05) is 11.6 Å². The van der Waals surface area contributed by atoms with Crippen molar-refractivity contribution in [1.29, 1.82) is 0 Å². The van der Waals surface area contributed by atoms with Gasteiger partial charge in [-0.05, 0) is 18.8 Å². The first-order chi connectivity index (χ1) is 9.96. The van der Waals surface area contributed by atoms with E-state index >= 15 is 0 Å². The molecule has 7 nitrogen and oxygen atoms in total. The monoisotopic (exact) mass is 336 g/mol. The average Bonchev–Trinajstić information content (AvgIpc) is 2.96. The molecule has 0 aliphatic carbocycles. The van der Waals surface area contributed by atoms with E-state index in [0.717, 1.165) is 5.69 Å². The molecule has 2 atom stereocenters. The minimum absolute atomic E-state index is 0.0953. The highest BCUT2D eigenvalue weighted by Gasteiger charge is 2.31. The van der Waals surface area contributed by atoms with E-state index in [4.69, 9.17) is 22.2 Å². The molecule has 0 spiro atoms. The molecule has 1 aliphatic heterocycles. The van der Waals surface area contributed by atoms with Crippen LogP contribution >= 0.6 is 11.6 Å². The van der Waals surface area contributed by atoms with Crippen molar-refractivity contribution in [2.75, 3.05) is 25.2 Å². The summed E-state index contributed by atoms with van der Waals surface area (Å²) < 4.78 is 29.9. The van der Waals surface area contributed by atoms with Gasteiger partial charge in [0.05, 0.1) is 47.6 Å². The van der Waals surface area contributed by atoms with E-state index in [0.29, 0.717) is 31.0 Å². The molecule has 0 saturated carbocycles. The number of halogens is 1. The Morgan fingerprint density at radius 1 is 1.67 bits per heavy atom. The number of aromatic nitrogens is 2. The normalized spacial score (nSPS) is 22.5. The molecule has 120 valence electrons. The summed E-state index contributed by atoms with van der Waals surface area (Å²) in [7, 11) is -1.28. The Morgan fingerprint density at radius 3 is 3.00 bits per heavy atom. The molecular weight excluding hydrogens is 316 g/mol. The summed E-state index contributed by atoms with van der Waals surface area (Å²) in [4.78, 5) is 0. The van der Waals surface area contributed by atoms with Crippen LogP contribution in [0.4, 0.5) is 0 Å². The van der Waals surface area contributed by atoms with Crippen LogP contribution < -0.4 is 11.3 Å². The van der Waals surface area contributed by atoms with Gasteiger partial charge in [0.15, 0.2) is 9.84 Å². The zero-order valence-electron chi connectivity index (χ0n) is 12.0. The zero-order chi connectivity index (χ0) is 15.5. The Balaban J connectivity index is 2.12. The van der Waals surface area contributed by atoms with Gasteiger partial charge in [0.25, 0.3) is 0 Å². The van der Waals surface area contributed by atoms with Crippen molar-refractivity contribution in [1.82, 2.24) is 15.2 Å². The van der Waals surface area contributed by atoms with E-state index in [1.165, 1.54) is 0 Å². The van der Waals surface area contributed by atoms with E-state index in [1.54, 1.807) is 18.0 Å². The standard InChI is InChI=1S/C12H21ClN4O3S/c1-20-4-3-17-12(10(13)7-15-17)11(16-14)6-9-2-5-21(18,19)8-9/h7,9,11,16H,2-6,8,14H2,1H3. The van der Waals surface area contributed by atoms with Crippen molar-refractivity contribution >= 4 is 21.4 Å². The molecule has 2 unspecified atom stereocenters. The lowest BCUT2D eigenvalue weighted by atomic mass is 9.97. The van der Waals surface area contributed by atoms with Crippen molar-refractivity contribution in [2.45, 2.75) is 25.4 Å². The maximum absolute atomic E-state index is 11.6. The molecule has 0 bridgehead atoms. The smallest absolute Gasteiger partial charge is 0.150 e. The Kier molecular flexibility index (Phi) is 5.61. The predicted molar refractivity (Wildman–Crippen MR) is 80.6 cm³/mol. The van der Waals surface area contributed by atoms with E-state index < -0.39 is 9.84 Å². The first-order valence-electron chi connectivity index (χ1n) is 6.83. The second-order valence-electron chi connectivity index (χ2n) is 5.32. The van der Waals surface area contributed by atoms with Gasteiger partial charge in [-0.15, -0.1) is 0 Å². The van der Waals surface area contributed by atoms with Crippen LogP contribution in [0.2, 0.25) is 5.02 Å². The minimum Gasteiger partial charge on any atom is -0.383 e. The highest BCUT2D eigenvalue weighted by atomic mass is 35.5. The van der Waals surface area contributed by atoms with Gasteiger partial charge < -0.3 is 4.74 Å². The number of nitrogens with one attached hydrogen (secondary N) is 1. The Morgan fingerprint density at radius 2 is 2.43 bits per heavy atom. The summed E-state index contributed by atoms with van der Waals surface area (Å²) in [5, 5.41) is 4.74. The summed E-state index contributed by atoms with van der Waals surface area (Å²) in [5.74, 6) is 6.21. The molecule has 21 heavy (non-hydrogen) atoms. The molecule has 0 aromatic carbocycles. The first kappa shape index (κ1) is 16.7. The molecule has 0 radical (unpaired) electrons. The van der Waals surface area contributed by atoms with E-state index in [2.05, 4.69) is 10.5 Å². The lowest BCUT2D eigenvalue weighted by molar-refractivity contribution is 0.181. The number of rotatable bonds is 7. The lowest BCUT2D eigenvalue weighted by Gasteiger charge is -2.21. The van der Waals surface area contributed by atoms with Gasteiger partial charge in [-0.25, -0.2) is 8.42 Å². The molecule has 2 rings (SSSR count). The van der Waals surface area contributed by atoms with Crippen LogP contribution in [0, 0.1) is 5.92 Å². The fourth-order valence-electron chi connectivity index (χ4n) is 2.72. The third kappa shape index (κ3) is 4.17. The molecule has 3 N–H and O–H groups in total. The highest BCUT2D eigenvalue weighted by Crippen LogP contribution is 2.31. The average molecular weight is 337 g/mol. The zero-order valence-corrected chi connectivity index (χ0v) is 13.5. The summed E-state index contributed by atoms with van der Waals surface area (Å²) in [6.07, 6.45) is 2.86. The lowest BCUT2D eigenvalue weighted by Crippen LogP contribution is -2.32. The number of hydrogen-bond acceptors (Lipinski definition) is 6. The van der Waals surface area contributed by atoms with E-state index in [1.807, 2.05) is 0 Å². The third-order valence-corrected chi connectivity index (χ3v) is 5.90. The Bertz CT molecular complexity index is 575. The maximum Gasteiger partial charge on any atom is 0.150 e. The van der Waals surface area contributed by atoms with E-state index in [-0.39, 0.29) is 23.5 Å². The Labute approximate surface area is 129 Å². The minimum atomic E-state index is -2.90. The summed E-state index contributed by atoms with van der Waals surface area (Å²) >= 11 is 6.20. The Hall–Kier alpha value is -0.670. The van der Waals surface area contributed by atoms with E-state index in [9.17, 15) is 8.42 Å². The van der Waals surface area contributed by atoms with Gasteiger partial charge in [0.2, 0.25) is 0 Å². The number of sulfone groups is 1. The van der Waals surface area contributed by atoms with Crippen LogP contribution in [-0.4, -0.2) is 43.4 Å². The van der Waals surface area contributed by atoms with Crippen molar-refractivity contribution in [3.8, 4) is 0 Å². The number of nitrogens with two attached hydrogens (primary N) is 1. The van der Waals surface area contributed by atoms with Crippen LogP contribution in [0.15, 0.2) is 6.20 Å². The van der Waals surface area contributed by atoms with Crippen LogP contribution in [0.3, 0.4) is 0 Å². The highest BCUT2D eigenvalue weighted by molar-refractivity contribution is 7.91. The summed E-state index contributed by atoms with van der Waals surface area (Å²) in [6.45, 7) is 1.08. The van der Waals surface area contributed by atoms with Crippen LogP contribution in [0.25, 0.3) is 0 Å². The molecule has 9 heteroatoms. The quantitative estimate of drug-likeness (QED) is 0.556. The van der Waals surface area contributed by atoms with Crippen LogP contribution in [0.1, 0.15) is 24.6 Å². The molecule has 1 aliphatic rings. The first-order valence-corrected chi connectivity index (χ1v) is 9.03.